The molecule has 0 spiro atoms. The van der Waals surface area contributed by atoms with E-state index < -0.39 is 36.0 Å². The Morgan fingerprint density at radius 2 is 1.95 bits per heavy atom. The van der Waals surface area contributed by atoms with Crippen LogP contribution in [-0.4, -0.2) is 57.8 Å². The number of carbonyl (C=O) groups is 3. The lowest BCUT2D eigenvalue weighted by Gasteiger charge is -2.37. The van der Waals surface area contributed by atoms with Crippen LogP contribution in [0.3, 0.4) is 0 Å². The molecule has 114 valence electrons. The number of likely N-dealkylation sites (tertiary alicyclic amines) is 1. The van der Waals surface area contributed by atoms with Crippen LogP contribution in [-0.2, 0) is 9.59 Å². The smallest absolute Gasteiger partial charge is 0.328 e. The molecule has 1 saturated heterocycles. The minimum absolute atomic E-state index is 0.117. The maximum absolute atomic E-state index is 12.1. The molecule has 1 fully saturated rings. The molecule has 1 heterocycles. The number of amides is 3. The van der Waals surface area contributed by atoms with Crippen molar-refractivity contribution in [3.63, 3.8) is 0 Å². The van der Waals surface area contributed by atoms with Crippen molar-refractivity contribution in [2.24, 2.45) is 11.7 Å². The SMILES string of the molecule is CC1CCC(C(N)=O)CN1C(=O)N[C@H](C(=O)O)[C@@H](C)O. The van der Waals surface area contributed by atoms with Crippen molar-refractivity contribution in [3.8, 4) is 0 Å². The van der Waals surface area contributed by atoms with Crippen molar-refractivity contribution in [2.45, 2.75) is 44.9 Å². The summed E-state index contributed by atoms with van der Waals surface area (Å²) in [5.41, 5.74) is 5.24. The van der Waals surface area contributed by atoms with Gasteiger partial charge in [-0.3, -0.25) is 4.79 Å². The van der Waals surface area contributed by atoms with E-state index in [4.69, 9.17) is 10.8 Å². The molecular formula is C12H21N3O5. The Labute approximate surface area is 116 Å². The van der Waals surface area contributed by atoms with Crippen molar-refractivity contribution >= 4 is 17.9 Å². The summed E-state index contributed by atoms with van der Waals surface area (Å²) in [6, 6.07) is -2.12. The molecule has 4 atom stereocenters. The average molecular weight is 287 g/mol. The van der Waals surface area contributed by atoms with Crippen molar-refractivity contribution in [2.75, 3.05) is 6.54 Å². The number of primary amides is 1. The molecule has 0 radical (unpaired) electrons. The van der Waals surface area contributed by atoms with Crippen LogP contribution in [0.15, 0.2) is 0 Å². The summed E-state index contributed by atoms with van der Waals surface area (Å²) in [5.74, 6) is -2.21. The van der Waals surface area contributed by atoms with Crippen LogP contribution in [0, 0.1) is 5.92 Å². The van der Waals surface area contributed by atoms with Gasteiger partial charge in [0.2, 0.25) is 5.91 Å². The third kappa shape index (κ3) is 3.83. The summed E-state index contributed by atoms with van der Waals surface area (Å²) in [7, 11) is 0. The van der Waals surface area contributed by atoms with Gasteiger partial charge in [0.1, 0.15) is 0 Å². The zero-order valence-corrected chi connectivity index (χ0v) is 11.6. The Morgan fingerprint density at radius 3 is 2.40 bits per heavy atom. The van der Waals surface area contributed by atoms with Gasteiger partial charge in [-0.25, -0.2) is 9.59 Å². The first-order chi connectivity index (χ1) is 9.23. The monoisotopic (exact) mass is 287 g/mol. The predicted octanol–water partition coefficient (Wildman–Crippen LogP) is -0.884. The number of carboxylic acid groups (broad SMARTS) is 1. The minimum Gasteiger partial charge on any atom is -0.480 e. The van der Waals surface area contributed by atoms with Gasteiger partial charge in [0.05, 0.1) is 12.0 Å². The molecule has 8 heteroatoms. The van der Waals surface area contributed by atoms with Crippen LogP contribution in [0.5, 0.6) is 0 Å². The first kappa shape index (κ1) is 16.2. The van der Waals surface area contributed by atoms with Crippen LogP contribution in [0.2, 0.25) is 0 Å². The highest BCUT2D eigenvalue weighted by atomic mass is 16.4. The second kappa shape index (κ2) is 6.56. The van der Waals surface area contributed by atoms with E-state index in [1.807, 2.05) is 6.92 Å². The lowest BCUT2D eigenvalue weighted by molar-refractivity contribution is -0.142. The van der Waals surface area contributed by atoms with E-state index >= 15 is 0 Å². The number of nitrogens with two attached hydrogens (primary N) is 1. The normalized spacial score (nSPS) is 25.6. The molecule has 0 aromatic rings. The number of piperidine rings is 1. The van der Waals surface area contributed by atoms with Gasteiger partial charge in [-0.1, -0.05) is 0 Å². The number of hydrogen-bond acceptors (Lipinski definition) is 4. The first-order valence-electron chi connectivity index (χ1n) is 6.51. The lowest BCUT2D eigenvalue weighted by Crippen LogP contribution is -2.57. The largest absolute Gasteiger partial charge is 0.480 e. The Kier molecular flexibility index (Phi) is 5.32. The molecule has 2 unspecified atom stereocenters. The molecule has 1 rings (SSSR count). The highest BCUT2D eigenvalue weighted by Crippen LogP contribution is 2.21. The number of aliphatic hydroxyl groups is 1. The number of nitrogens with one attached hydrogen (secondary N) is 1. The molecule has 0 aromatic carbocycles. The Balaban J connectivity index is 2.73. The third-order valence-corrected chi connectivity index (χ3v) is 3.57. The van der Waals surface area contributed by atoms with Gasteiger partial charge in [0.25, 0.3) is 0 Å². The molecule has 5 N–H and O–H groups in total. The van der Waals surface area contributed by atoms with E-state index in [-0.39, 0.29) is 12.6 Å². The van der Waals surface area contributed by atoms with Crippen LogP contribution in [0.4, 0.5) is 4.79 Å². The molecule has 20 heavy (non-hydrogen) atoms. The average Bonchev–Trinajstić information content (AvgIpc) is 2.34. The molecule has 0 bridgehead atoms. The van der Waals surface area contributed by atoms with Gasteiger partial charge >= 0.3 is 12.0 Å². The van der Waals surface area contributed by atoms with E-state index in [0.29, 0.717) is 12.8 Å². The number of aliphatic carboxylic acids is 1. The van der Waals surface area contributed by atoms with Crippen molar-refractivity contribution in [1.29, 1.82) is 0 Å². The first-order valence-corrected chi connectivity index (χ1v) is 6.51. The predicted molar refractivity (Wildman–Crippen MR) is 69.7 cm³/mol. The minimum atomic E-state index is -1.39. The molecule has 1 aliphatic heterocycles. The van der Waals surface area contributed by atoms with E-state index in [1.165, 1.54) is 11.8 Å². The summed E-state index contributed by atoms with van der Waals surface area (Å²) in [6.07, 6.45) is 0.00966. The van der Waals surface area contributed by atoms with E-state index in [1.54, 1.807) is 0 Å². The van der Waals surface area contributed by atoms with E-state index in [9.17, 15) is 19.5 Å². The van der Waals surface area contributed by atoms with Gasteiger partial charge in [-0.2, -0.15) is 0 Å². The van der Waals surface area contributed by atoms with Gasteiger partial charge in [-0.05, 0) is 26.7 Å². The molecule has 3 amide bonds. The third-order valence-electron chi connectivity index (χ3n) is 3.57. The topological polar surface area (TPSA) is 133 Å². The Bertz CT molecular complexity index is 399. The van der Waals surface area contributed by atoms with E-state index in [2.05, 4.69) is 5.32 Å². The lowest BCUT2D eigenvalue weighted by atomic mass is 9.93. The molecular weight excluding hydrogens is 266 g/mol. The molecule has 1 aliphatic rings. The number of rotatable bonds is 4. The molecule has 0 aliphatic carbocycles. The van der Waals surface area contributed by atoms with Crippen LogP contribution >= 0.6 is 0 Å². The number of nitrogens with zero attached hydrogens (tertiary/aromatic N) is 1. The fourth-order valence-electron chi connectivity index (χ4n) is 2.23. The number of hydrogen-bond donors (Lipinski definition) is 4. The maximum atomic E-state index is 12.1. The summed E-state index contributed by atoms with van der Waals surface area (Å²) < 4.78 is 0. The number of carbonyl (C=O) groups excluding carboxylic acids is 2. The van der Waals surface area contributed by atoms with Crippen molar-refractivity contribution in [3.05, 3.63) is 0 Å². The number of aliphatic hydroxyl groups excluding tert-OH is 1. The summed E-state index contributed by atoms with van der Waals surface area (Å²) in [5, 5.41) is 20.5. The van der Waals surface area contributed by atoms with Crippen LogP contribution in [0.25, 0.3) is 0 Å². The number of carboxylic acids is 1. The van der Waals surface area contributed by atoms with Gasteiger partial charge in [0, 0.05) is 12.6 Å². The van der Waals surface area contributed by atoms with Gasteiger partial charge in [-0.15, -0.1) is 0 Å². The Morgan fingerprint density at radius 1 is 1.35 bits per heavy atom. The van der Waals surface area contributed by atoms with Crippen LogP contribution in [0.1, 0.15) is 26.7 Å². The van der Waals surface area contributed by atoms with E-state index in [0.717, 1.165) is 0 Å². The second-order valence-corrected chi connectivity index (χ2v) is 5.18. The van der Waals surface area contributed by atoms with Crippen molar-refractivity contribution in [1.82, 2.24) is 10.2 Å². The zero-order valence-electron chi connectivity index (χ0n) is 11.6. The van der Waals surface area contributed by atoms with Gasteiger partial charge in [0.15, 0.2) is 6.04 Å². The number of urea groups is 1. The maximum Gasteiger partial charge on any atom is 0.328 e. The Hall–Kier alpha value is -1.83. The quantitative estimate of drug-likeness (QED) is 0.532. The van der Waals surface area contributed by atoms with Gasteiger partial charge < -0.3 is 26.2 Å². The molecule has 8 nitrogen and oxygen atoms in total. The second-order valence-electron chi connectivity index (χ2n) is 5.18. The highest BCUT2D eigenvalue weighted by molar-refractivity contribution is 5.84. The molecule has 0 saturated carbocycles. The molecule has 0 aromatic heterocycles. The fourth-order valence-corrected chi connectivity index (χ4v) is 2.23. The van der Waals surface area contributed by atoms with Crippen LogP contribution < -0.4 is 11.1 Å². The summed E-state index contributed by atoms with van der Waals surface area (Å²) in [6.45, 7) is 3.26. The zero-order chi connectivity index (χ0) is 15.4. The van der Waals surface area contributed by atoms with Crippen molar-refractivity contribution < 1.29 is 24.6 Å². The highest BCUT2D eigenvalue weighted by Gasteiger charge is 2.34. The summed E-state index contributed by atoms with van der Waals surface area (Å²) >= 11 is 0. The standard InChI is InChI=1S/C12H21N3O5/c1-6-3-4-8(10(13)17)5-15(6)12(20)14-9(7(2)16)11(18)19/h6-9,16H,3-5H2,1-2H3,(H2,13,17)(H,14,20)(H,18,19)/t6?,7-,8?,9+/m1/s1. The summed E-state index contributed by atoms with van der Waals surface area (Å²) in [4.78, 5) is 35.6. The fraction of sp³-hybridized carbons (Fsp3) is 0.750.